The maximum absolute atomic E-state index is 10.0. The molecule has 35 heavy (non-hydrogen) atoms. The fraction of sp³-hybridized carbons (Fsp3) is 0.345. The fourth-order valence-corrected chi connectivity index (χ4v) is 5.57. The summed E-state index contributed by atoms with van der Waals surface area (Å²) in [6, 6.07) is 20.4. The first-order valence-corrected chi connectivity index (χ1v) is 12.8. The van der Waals surface area contributed by atoms with Crippen molar-refractivity contribution in [3.8, 4) is 0 Å². The van der Waals surface area contributed by atoms with Gasteiger partial charge in [0.2, 0.25) is 5.62 Å². The SMILES string of the molecule is Cn1c(=Nc2ccc(C3CCCCC3)cc2)n(Cc2ccc(CO)cc2)c2cc(Cl)cc(CO)c21. The summed E-state index contributed by atoms with van der Waals surface area (Å²) in [5, 5.41) is 20.0. The van der Waals surface area contributed by atoms with Crippen LogP contribution in [0.5, 0.6) is 0 Å². The molecule has 2 N–H and O–H groups in total. The molecule has 1 aliphatic rings. The van der Waals surface area contributed by atoms with E-state index in [1.807, 2.05) is 48.0 Å². The van der Waals surface area contributed by atoms with E-state index in [1.54, 1.807) is 0 Å². The van der Waals surface area contributed by atoms with Gasteiger partial charge in [0.25, 0.3) is 0 Å². The Morgan fingerprint density at radius 2 is 1.57 bits per heavy atom. The van der Waals surface area contributed by atoms with Crippen LogP contribution in [0.2, 0.25) is 5.02 Å². The zero-order valence-electron chi connectivity index (χ0n) is 20.1. The number of rotatable bonds is 6. The van der Waals surface area contributed by atoms with Gasteiger partial charge in [-0.05, 0) is 59.7 Å². The minimum absolute atomic E-state index is 0.0224. The molecule has 1 aliphatic carbocycles. The maximum Gasteiger partial charge on any atom is 0.211 e. The second-order valence-electron chi connectivity index (χ2n) is 9.55. The molecule has 0 atom stereocenters. The normalized spacial score (nSPS) is 15.3. The Kier molecular flexibility index (Phi) is 7.09. The second-order valence-corrected chi connectivity index (χ2v) is 9.99. The Morgan fingerprint density at radius 1 is 0.886 bits per heavy atom. The van der Waals surface area contributed by atoms with Gasteiger partial charge < -0.3 is 19.3 Å². The van der Waals surface area contributed by atoms with E-state index in [1.165, 1.54) is 37.7 Å². The Balaban J connectivity index is 1.62. The van der Waals surface area contributed by atoms with Gasteiger partial charge in [0.15, 0.2) is 0 Å². The van der Waals surface area contributed by atoms with Gasteiger partial charge in [-0.2, -0.15) is 0 Å². The lowest BCUT2D eigenvalue weighted by atomic mass is 9.84. The molecular weight excluding hydrogens is 458 g/mol. The average Bonchev–Trinajstić information content (AvgIpc) is 3.15. The summed E-state index contributed by atoms with van der Waals surface area (Å²) in [7, 11) is 1.98. The first kappa shape index (κ1) is 23.9. The van der Waals surface area contributed by atoms with E-state index in [-0.39, 0.29) is 13.2 Å². The van der Waals surface area contributed by atoms with E-state index in [2.05, 4.69) is 28.8 Å². The van der Waals surface area contributed by atoms with Gasteiger partial charge in [-0.3, -0.25) is 0 Å². The molecule has 182 valence electrons. The Hall–Kier alpha value is -2.86. The molecule has 3 aromatic carbocycles. The van der Waals surface area contributed by atoms with Crippen molar-refractivity contribution >= 4 is 28.3 Å². The predicted octanol–water partition coefficient (Wildman–Crippen LogP) is 5.95. The lowest BCUT2D eigenvalue weighted by Gasteiger charge is -2.21. The highest BCUT2D eigenvalue weighted by Crippen LogP contribution is 2.33. The fourth-order valence-electron chi connectivity index (χ4n) is 5.34. The van der Waals surface area contributed by atoms with E-state index in [0.29, 0.717) is 17.5 Å². The number of benzene rings is 3. The summed E-state index contributed by atoms with van der Waals surface area (Å²) in [6.07, 6.45) is 6.55. The average molecular weight is 490 g/mol. The minimum atomic E-state index is -0.102. The van der Waals surface area contributed by atoms with Crippen LogP contribution in [-0.4, -0.2) is 19.3 Å². The minimum Gasteiger partial charge on any atom is -0.392 e. The Labute approximate surface area is 211 Å². The number of halogens is 1. The molecule has 0 bridgehead atoms. The summed E-state index contributed by atoms with van der Waals surface area (Å²) < 4.78 is 4.18. The molecule has 4 aromatic rings. The highest BCUT2D eigenvalue weighted by Gasteiger charge is 2.17. The summed E-state index contributed by atoms with van der Waals surface area (Å²) in [4.78, 5) is 5.06. The van der Waals surface area contributed by atoms with Gasteiger partial charge in [-0.15, -0.1) is 0 Å². The summed E-state index contributed by atoms with van der Waals surface area (Å²) >= 11 is 6.44. The molecular formula is C29H32ClN3O2. The quantitative estimate of drug-likeness (QED) is 0.351. The highest BCUT2D eigenvalue weighted by molar-refractivity contribution is 6.31. The number of nitrogens with zero attached hydrogens (tertiary/aromatic N) is 3. The van der Waals surface area contributed by atoms with Crippen LogP contribution in [0.4, 0.5) is 5.69 Å². The molecule has 5 nitrogen and oxygen atoms in total. The van der Waals surface area contributed by atoms with Crippen molar-refractivity contribution < 1.29 is 10.2 Å². The van der Waals surface area contributed by atoms with Crippen molar-refractivity contribution in [1.29, 1.82) is 0 Å². The van der Waals surface area contributed by atoms with E-state index < -0.39 is 0 Å². The molecule has 1 aromatic heterocycles. The second kappa shape index (κ2) is 10.4. The third-order valence-corrected chi connectivity index (χ3v) is 7.43. The van der Waals surface area contributed by atoms with E-state index >= 15 is 0 Å². The molecule has 0 spiro atoms. The van der Waals surface area contributed by atoms with Gasteiger partial charge in [-0.1, -0.05) is 67.3 Å². The summed E-state index contributed by atoms with van der Waals surface area (Å²) in [5.41, 5.74) is 7.68. The summed E-state index contributed by atoms with van der Waals surface area (Å²) in [6.45, 7) is 0.511. The number of aryl methyl sites for hydroxylation is 1. The third-order valence-electron chi connectivity index (χ3n) is 7.22. The number of hydrogen-bond donors (Lipinski definition) is 2. The van der Waals surface area contributed by atoms with E-state index in [4.69, 9.17) is 16.6 Å². The molecule has 6 heteroatoms. The van der Waals surface area contributed by atoms with Crippen molar-refractivity contribution in [2.75, 3.05) is 0 Å². The van der Waals surface area contributed by atoms with Crippen LogP contribution in [0.15, 0.2) is 65.7 Å². The lowest BCUT2D eigenvalue weighted by Crippen LogP contribution is -2.24. The monoisotopic (exact) mass is 489 g/mol. The van der Waals surface area contributed by atoms with Gasteiger partial charge >= 0.3 is 0 Å². The molecule has 1 heterocycles. The zero-order chi connectivity index (χ0) is 24.4. The van der Waals surface area contributed by atoms with E-state index in [0.717, 1.165) is 39.0 Å². The molecule has 0 amide bonds. The van der Waals surface area contributed by atoms with Gasteiger partial charge in [-0.25, -0.2) is 4.99 Å². The van der Waals surface area contributed by atoms with Crippen molar-refractivity contribution in [2.45, 2.75) is 57.8 Å². The van der Waals surface area contributed by atoms with Crippen molar-refractivity contribution in [2.24, 2.45) is 12.0 Å². The van der Waals surface area contributed by atoms with Crippen LogP contribution in [0.25, 0.3) is 11.0 Å². The molecule has 0 radical (unpaired) electrons. The Bertz CT molecular complexity index is 1380. The van der Waals surface area contributed by atoms with Crippen LogP contribution in [-0.2, 0) is 26.8 Å². The molecule has 5 rings (SSSR count). The number of imidazole rings is 1. The van der Waals surface area contributed by atoms with Crippen molar-refractivity contribution in [3.63, 3.8) is 0 Å². The first-order valence-electron chi connectivity index (χ1n) is 12.4. The van der Waals surface area contributed by atoms with Crippen LogP contribution in [0, 0.1) is 0 Å². The molecule has 0 aliphatic heterocycles. The zero-order valence-corrected chi connectivity index (χ0v) is 20.9. The predicted molar refractivity (Wildman–Crippen MR) is 141 cm³/mol. The number of fused-ring (bicyclic) bond motifs is 1. The van der Waals surface area contributed by atoms with Crippen LogP contribution in [0.3, 0.4) is 0 Å². The highest BCUT2D eigenvalue weighted by atomic mass is 35.5. The van der Waals surface area contributed by atoms with Gasteiger partial charge in [0.1, 0.15) is 0 Å². The Morgan fingerprint density at radius 3 is 2.23 bits per heavy atom. The van der Waals surface area contributed by atoms with Crippen LogP contribution in [0.1, 0.15) is 60.3 Å². The third kappa shape index (κ3) is 4.94. The topological polar surface area (TPSA) is 62.7 Å². The van der Waals surface area contributed by atoms with E-state index in [9.17, 15) is 10.2 Å². The van der Waals surface area contributed by atoms with Gasteiger partial charge in [0, 0.05) is 17.6 Å². The van der Waals surface area contributed by atoms with Crippen LogP contribution >= 0.6 is 11.6 Å². The molecule has 0 unspecified atom stereocenters. The lowest BCUT2D eigenvalue weighted by molar-refractivity contribution is 0.282. The van der Waals surface area contributed by atoms with Crippen LogP contribution < -0.4 is 5.62 Å². The first-order chi connectivity index (χ1) is 17.1. The summed E-state index contributed by atoms with van der Waals surface area (Å²) in [5.74, 6) is 0.663. The van der Waals surface area contributed by atoms with Gasteiger partial charge in [0.05, 0.1) is 36.5 Å². The number of aliphatic hydroxyl groups excluding tert-OH is 2. The number of aliphatic hydroxyl groups is 2. The van der Waals surface area contributed by atoms with Crippen molar-refractivity contribution in [1.82, 2.24) is 9.13 Å². The maximum atomic E-state index is 10.0. The number of hydrogen-bond acceptors (Lipinski definition) is 3. The molecule has 0 saturated heterocycles. The smallest absolute Gasteiger partial charge is 0.211 e. The number of aromatic nitrogens is 2. The molecule has 1 saturated carbocycles. The molecule has 1 fully saturated rings. The standard InChI is InChI=1S/C29H32ClN3O2/c1-32-28-24(19-35)15-25(30)16-27(28)33(17-20-7-9-21(18-34)10-8-20)29(32)31-26-13-11-23(12-14-26)22-5-3-2-4-6-22/h7-16,22,34-35H,2-6,17-19H2,1H3. The van der Waals surface area contributed by atoms with Crippen molar-refractivity contribution in [3.05, 3.63) is 93.6 Å². The largest absolute Gasteiger partial charge is 0.392 e.